The molecule has 1 heterocycles. The van der Waals surface area contributed by atoms with Gasteiger partial charge in [0.25, 0.3) is 0 Å². The predicted octanol–water partition coefficient (Wildman–Crippen LogP) is -0.113. The lowest BCUT2D eigenvalue weighted by molar-refractivity contribution is 0.425. The third-order valence-corrected chi connectivity index (χ3v) is 2.55. The molecule has 2 aromatic rings. The van der Waals surface area contributed by atoms with Crippen molar-refractivity contribution >= 4 is 12.6 Å². The molecule has 4 nitrogen and oxygen atoms in total. The van der Waals surface area contributed by atoms with Gasteiger partial charge >= 0.3 is 7.12 Å². The van der Waals surface area contributed by atoms with E-state index in [1.54, 1.807) is 12.3 Å². The van der Waals surface area contributed by atoms with E-state index in [4.69, 9.17) is 15.8 Å². The monoisotopic (exact) mass is 228 g/mol. The smallest absolute Gasteiger partial charge is 0.423 e. The molecule has 0 spiro atoms. The van der Waals surface area contributed by atoms with Crippen LogP contribution in [-0.2, 0) is 6.54 Å². The van der Waals surface area contributed by atoms with Gasteiger partial charge in [-0.05, 0) is 22.8 Å². The molecule has 0 radical (unpaired) electrons. The lowest BCUT2D eigenvalue weighted by Gasteiger charge is -2.05. The van der Waals surface area contributed by atoms with Crippen LogP contribution in [0.1, 0.15) is 5.56 Å². The van der Waals surface area contributed by atoms with Crippen molar-refractivity contribution in [2.45, 2.75) is 6.54 Å². The zero-order valence-electron chi connectivity index (χ0n) is 9.24. The minimum absolute atomic E-state index is 0.376. The van der Waals surface area contributed by atoms with Gasteiger partial charge in [0.15, 0.2) is 0 Å². The van der Waals surface area contributed by atoms with E-state index >= 15 is 0 Å². The van der Waals surface area contributed by atoms with Crippen molar-refractivity contribution in [3.05, 3.63) is 48.3 Å². The molecule has 0 aliphatic heterocycles. The van der Waals surface area contributed by atoms with Crippen LogP contribution in [0.5, 0.6) is 0 Å². The normalized spacial score (nSPS) is 10.3. The van der Waals surface area contributed by atoms with Crippen LogP contribution in [0.3, 0.4) is 0 Å². The summed E-state index contributed by atoms with van der Waals surface area (Å²) < 4.78 is 0. The number of benzene rings is 1. The van der Waals surface area contributed by atoms with Crippen molar-refractivity contribution in [1.82, 2.24) is 4.98 Å². The molecule has 86 valence electrons. The quantitative estimate of drug-likeness (QED) is 0.640. The molecular weight excluding hydrogens is 215 g/mol. The second-order valence-electron chi connectivity index (χ2n) is 3.79. The Morgan fingerprint density at radius 3 is 2.65 bits per heavy atom. The zero-order chi connectivity index (χ0) is 12.3. The van der Waals surface area contributed by atoms with Gasteiger partial charge in [0, 0.05) is 24.4 Å². The maximum absolute atomic E-state index is 9.09. The number of rotatable bonds is 3. The standard InChI is InChI=1S/C12H13BN2O2/c14-6-9-2-1-3-10(4-9)11-5-12(13(16)17)8-15-7-11/h1-5,7-8,16-17H,6,14H2. The van der Waals surface area contributed by atoms with Crippen LogP contribution in [0.2, 0.25) is 0 Å². The number of aromatic nitrogens is 1. The van der Waals surface area contributed by atoms with E-state index in [-0.39, 0.29) is 0 Å². The van der Waals surface area contributed by atoms with Crippen molar-refractivity contribution in [3.63, 3.8) is 0 Å². The van der Waals surface area contributed by atoms with Crippen molar-refractivity contribution in [1.29, 1.82) is 0 Å². The summed E-state index contributed by atoms with van der Waals surface area (Å²) in [4.78, 5) is 3.99. The minimum Gasteiger partial charge on any atom is -0.423 e. The number of pyridine rings is 1. The summed E-state index contributed by atoms with van der Waals surface area (Å²) >= 11 is 0. The van der Waals surface area contributed by atoms with Gasteiger partial charge in [-0.15, -0.1) is 0 Å². The Morgan fingerprint density at radius 1 is 1.12 bits per heavy atom. The fourth-order valence-corrected chi connectivity index (χ4v) is 1.63. The van der Waals surface area contributed by atoms with Gasteiger partial charge in [-0.3, -0.25) is 4.98 Å². The third kappa shape index (κ3) is 2.71. The maximum atomic E-state index is 9.09. The molecule has 0 aliphatic rings. The molecule has 0 saturated carbocycles. The van der Waals surface area contributed by atoms with Crippen molar-refractivity contribution in [2.75, 3.05) is 0 Å². The molecular formula is C12H13BN2O2. The molecule has 0 atom stereocenters. The Bertz CT molecular complexity index is 517. The second kappa shape index (κ2) is 5.10. The zero-order valence-corrected chi connectivity index (χ0v) is 9.24. The summed E-state index contributed by atoms with van der Waals surface area (Å²) in [6.07, 6.45) is 3.11. The van der Waals surface area contributed by atoms with Gasteiger partial charge in [0.2, 0.25) is 0 Å². The molecule has 1 aromatic heterocycles. The molecule has 0 bridgehead atoms. The molecule has 0 unspecified atom stereocenters. The SMILES string of the molecule is NCc1cccc(-c2cncc(B(O)O)c2)c1. The van der Waals surface area contributed by atoms with E-state index in [2.05, 4.69) is 4.98 Å². The Labute approximate surface area is 99.9 Å². The second-order valence-corrected chi connectivity index (χ2v) is 3.79. The molecule has 17 heavy (non-hydrogen) atoms. The fourth-order valence-electron chi connectivity index (χ4n) is 1.63. The highest BCUT2D eigenvalue weighted by Gasteiger charge is 2.12. The van der Waals surface area contributed by atoms with Crippen LogP contribution < -0.4 is 11.2 Å². The van der Waals surface area contributed by atoms with Gasteiger partial charge in [-0.1, -0.05) is 24.3 Å². The van der Waals surface area contributed by atoms with Gasteiger partial charge in [-0.2, -0.15) is 0 Å². The van der Waals surface area contributed by atoms with Gasteiger partial charge in [0.05, 0.1) is 0 Å². The Balaban J connectivity index is 2.41. The Kier molecular flexibility index (Phi) is 3.53. The van der Waals surface area contributed by atoms with Crippen molar-refractivity contribution in [3.8, 4) is 11.1 Å². The number of hydrogen-bond acceptors (Lipinski definition) is 4. The molecule has 0 aliphatic carbocycles. The molecule has 2 rings (SSSR count). The third-order valence-electron chi connectivity index (χ3n) is 2.55. The van der Waals surface area contributed by atoms with Crippen LogP contribution in [0.15, 0.2) is 42.7 Å². The van der Waals surface area contributed by atoms with Crippen LogP contribution in [0.25, 0.3) is 11.1 Å². The summed E-state index contributed by atoms with van der Waals surface area (Å²) in [5.41, 5.74) is 8.78. The van der Waals surface area contributed by atoms with Crippen molar-refractivity contribution in [2.24, 2.45) is 5.73 Å². The summed E-state index contributed by atoms with van der Waals surface area (Å²) in [6.45, 7) is 0.476. The Morgan fingerprint density at radius 2 is 1.94 bits per heavy atom. The fraction of sp³-hybridized carbons (Fsp3) is 0.0833. The summed E-state index contributed by atoms with van der Waals surface area (Å²) in [6, 6.07) is 9.46. The summed E-state index contributed by atoms with van der Waals surface area (Å²) in [7, 11) is -1.50. The molecule has 0 fully saturated rings. The van der Waals surface area contributed by atoms with Crippen LogP contribution in [0, 0.1) is 0 Å². The predicted molar refractivity (Wildman–Crippen MR) is 67.4 cm³/mol. The van der Waals surface area contributed by atoms with E-state index in [1.165, 1.54) is 6.20 Å². The van der Waals surface area contributed by atoms with E-state index in [1.807, 2.05) is 24.3 Å². The Hall–Kier alpha value is -1.69. The first-order chi connectivity index (χ1) is 8.20. The first-order valence-corrected chi connectivity index (χ1v) is 5.31. The topological polar surface area (TPSA) is 79.4 Å². The average Bonchev–Trinajstić information content (AvgIpc) is 2.39. The average molecular weight is 228 g/mol. The van der Waals surface area contributed by atoms with Crippen LogP contribution in [-0.4, -0.2) is 22.2 Å². The highest BCUT2D eigenvalue weighted by atomic mass is 16.4. The largest absolute Gasteiger partial charge is 0.490 e. The summed E-state index contributed by atoms with van der Waals surface area (Å²) in [5, 5.41) is 18.2. The number of nitrogens with two attached hydrogens (primary N) is 1. The lowest BCUT2D eigenvalue weighted by atomic mass is 9.80. The van der Waals surface area contributed by atoms with Gasteiger partial charge < -0.3 is 15.8 Å². The molecule has 5 heteroatoms. The minimum atomic E-state index is -1.50. The van der Waals surface area contributed by atoms with Gasteiger partial charge in [0.1, 0.15) is 0 Å². The van der Waals surface area contributed by atoms with E-state index in [9.17, 15) is 0 Å². The number of nitrogens with zero attached hydrogens (tertiary/aromatic N) is 1. The molecule has 1 aromatic carbocycles. The maximum Gasteiger partial charge on any atom is 0.490 e. The molecule has 0 saturated heterocycles. The first-order valence-electron chi connectivity index (χ1n) is 5.31. The van der Waals surface area contributed by atoms with Gasteiger partial charge in [-0.25, -0.2) is 0 Å². The highest BCUT2D eigenvalue weighted by molar-refractivity contribution is 6.58. The first kappa shape index (κ1) is 11.8. The van der Waals surface area contributed by atoms with E-state index < -0.39 is 7.12 Å². The van der Waals surface area contributed by atoms with Crippen LogP contribution >= 0.6 is 0 Å². The summed E-state index contributed by atoms with van der Waals surface area (Å²) in [5.74, 6) is 0. The van der Waals surface area contributed by atoms with Crippen LogP contribution in [0.4, 0.5) is 0 Å². The highest BCUT2D eigenvalue weighted by Crippen LogP contribution is 2.18. The van der Waals surface area contributed by atoms with E-state index in [0.717, 1.165) is 16.7 Å². The lowest BCUT2D eigenvalue weighted by Crippen LogP contribution is -2.30. The van der Waals surface area contributed by atoms with E-state index in [0.29, 0.717) is 12.0 Å². The number of hydrogen-bond donors (Lipinski definition) is 3. The molecule has 0 amide bonds. The molecule has 4 N–H and O–H groups in total. The van der Waals surface area contributed by atoms with Crippen molar-refractivity contribution < 1.29 is 10.0 Å².